The van der Waals surface area contributed by atoms with Gasteiger partial charge in [-0.05, 0) is 43.3 Å². The Kier molecular flexibility index (Phi) is 4.51. The average Bonchev–Trinajstić information content (AvgIpc) is 2.62. The largest absolute Gasteiger partial charge is 0.136 e. The summed E-state index contributed by atoms with van der Waals surface area (Å²) < 4.78 is 0. The zero-order valence-corrected chi connectivity index (χ0v) is 13.7. The van der Waals surface area contributed by atoms with Gasteiger partial charge in [-0.15, -0.1) is 0 Å². The molecular weight excluding hydrogens is 283 g/mol. The molecule has 0 fully saturated rings. The van der Waals surface area contributed by atoms with E-state index in [4.69, 9.17) is 0 Å². The van der Waals surface area contributed by atoms with E-state index in [-0.39, 0.29) is 0 Å². The molecule has 0 atom stereocenters. The maximum Gasteiger partial charge on any atom is 0.136 e. The highest BCUT2D eigenvalue weighted by Crippen LogP contribution is 2.56. The van der Waals surface area contributed by atoms with Gasteiger partial charge < -0.3 is 0 Å². The second-order valence-electron chi connectivity index (χ2n) is 5.21. The summed E-state index contributed by atoms with van der Waals surface area (Å²) in [6, 6.07) is 32.6. The summed E-state index contributed by atoms with van der Waals surface area (Å²) in [5.41, 5.74) is 0. The van der Waals surface area contributed by atoms with Crippen molar-refractivity contribution in [3.63, 3.8) is 0 Å². The van der Waals surface area contributed by atoms with Gasteiger partial charge in [-0.3, -0.25) is 0 Å². The van der Waals surface area contributed by atoms with Crippen LogP contribution in [0.2, 0.25) is 0 Å². The molecule has 3 aromatic rings. The highest BCUT2D eigenvalue weighted by atomic mass is 31.2. The molecule has 0 amide bonds. The normalized spacial score (nSPS) is 11.7. The molecule has 0 radical (unpaired) electrons. The molecule has 0 aliphatic heterocycles. The van der Waals surface area contributed by atoms with Gasteiger partial charge in [0.05, 0.1) is 5.82 Å². The minimum Gasteiger partial charge on any atom is -0.0620 e. The number of hydrogen-bond acceptors (Lipinski definition) is 0. The molecule has 0 unspecified atom stereocenters. The summed E-state index contributed by atoms with van der Waals surface area (Å²) in [5.74, 6) is 2.41. The topological polar surface area (TPSA) is 0 Å². The summed E-state index contributed by atoms with van der Waals surface area (Å²) in [4.78, 5) is 0. The van der Waals surface area contributed by atoms with Gasteiger partial charge in [-0.2, -0.15) is 0 Å². The predicted molar refractivity (Wildman–Crippen MR) is 100.0 cm³/mol. The zero-order chi connectivity index (χ0) is 15.3. The molecule has 0 spiro atoms. The Morgan fingerprint density at radius 2 is 0.864 bits per heavy atom. The van der Waals surface area contributed by atoms with Crippen molar-refractivity contribution in [1.82, 2.24) is 0 Å². The maximum atomic E-state index is 2.41. The summed E-state index contributed by atoms with van der Waals surface area (Å²) >= 11 is 0. The van der Waals surface area contributed by atoms with Crippen LogP contribution in [0.15, 0.2) is 103 Å². The average molecular weight is 303 g/mol. The Morgan fingerprint density at radius 3 is 1.14 bits per heavy atom. The summed E-state index contributed by atoms with van der Waals surface area (Å²) in [6.07, 6.45) is 2.20. The van der Waals surface area contributed by atoms with Crippen LogP contribution in [-0.2, 0) is 0 Å². The molecule has 3 rings (SSSR count). The van der Waals surface area contributed by atoms with Crippen LogP contribution in [0.5, 0.6) is 0 Å². The van der Waals surface area contributed by atoms with Crippen molar-refractivity contribution in [3.8, 4) is 0 Å². The van der Waals surface area contributed by atoms with Crippen molar-refractivity contribution >= 4 is 23.2 Å². The van der Waals surface area contributed by atoms with Gasteiger partial charge in [0.15, 0.2) is 0 Å². The van der Waals surface area contributed by atoms with E-state index in [1.807, 2.05) is 0 Å². The first-order valence-corrected chi connectivity index (χ1v) is 9.43. The van der Waals surface area contributed by atoms with E-state index in [9.17, 15) is 0 Å². The van der Waals surface area contributed by atoms with Crippen LogP contribution in [0.4, 0.5) is 0 Å². The fourth-order valence-corrected chi connectivity index (χ4v) is 6.70. The molecule has 0 aliphatic rings. The molecule has 22 heavy (non-hydrogen) atoms. The van der Waals surface area contributed by atoms with E-state index in [0.717, 1.165) is 0 Å². The molecule has 0 bridgehead atoms. The molecule has 0 nitrogen and oxygen atoms in total. The molecule has 0 saturated heterocycles. The lowest BCUT2D eigenvalue weighted by atomic mass is 10.4. The summed E-state index contributed by atoms with van der Waals surface area (Å²) in [5, 5.41) is 4.18. The SMILES string of the molecule is C/C=C\[P+](c1ccccc1)(c1ccccc1)c1ccccc1. The van der Waals surface area contributed by atoms with Gasteiger partial charge in [0.1, 0.15) is 23.2 Å². The fraction of sp³-hybridized carbons (Fsp3) is 0.0476. The van der Waals surface area contributed by atoms with Gasteiger partial charge in [-0.1, -0.05) is 60.7 Å². The maximum absolute atomic E-state index is 2.41. The van der Waals surface area contributed by atoms with Crippen LogP contribution < -0.4 is 15.9 Å². The lowest BCUT2D eigenvalue weighted by molar-refractivity contribution is 1.71. The van der Waals surface area contributed by atoms with Crippen molar-refractivity contribution in [2.45, 2.75) is 6.92 Å². The minimum atomic E-state index is -1.73. The highest BCUT2D eigenvalue weighted by Gasteiger charge is 2.42. The Hall–Kier alpha value is -2.17. The van der Waals surface area contributed by atoms with Crippen LogP contribution in [0.3, 0.4) is 0 Å². The third-order valence-electron chi connectivity index (χ3n) is 3.86. The smallest absolute Gasteiger partial charge is 0.0620 e. The molecule has 0 heterocycles. The van der Waals surface area contributed by atoms with E-state index in [1.165, 1.54) is 15.9 Å². The molecule has 3 aromatic carbocycles. The van der Waals surface area contributed by atoms with Crippen molar-refractivity contribution < 1.29 is 0 Å². The van der Waals surface area contributed by atoms with Gasteiger partial charge in [-0.25, -0.2) is 0 Å². The first kappa shape index (κ1) is 14.8. The predicted octanol–water partition coefficient (Wildman–Crippen LogP) is 4.51. The highest BCUT2D eigenvalue weighted by molar-refractivity contribution is 7.98. The summed E-state index contributed by atoms with van der Waals surface area (Å²) in [7, 11) is -1.73. The quantitative estimate of drug-likeness (QED) is 0.622. The number of hydrogen-bond donors (Lipinski definition) is 0. The van der Waals surface area contributed by atoms with Crippen molar-refractivity contribution in [2.24, 2.45) is 0 Å². The summed E-state index contributed by atoms with van der Waals surface area (Å²) in [6.45, 7) is 2.11. The molecule has 108 valence electrons. The van der Waals surface area contributed by atoms with Crippen LogP contribution >= 0.6 is 7.26 Å². The Bertz CT molecular complexity index is 634. The van der Waals surface area contributed by atoms with Crippen LogP contribution in [-0.4, -0.2) is 0 Å². The van der Waals surface area contributed by atoms with E-state index >= 15 is 0 Å². The lowest BCUT2D eigenvalue weighted by Gasteiger charge is -2.23. The molecular formula is C21H20P+. The first-order valence-electron chi connectivity index (χ1n) is 7.57. The number of rotatable bonds is 4. The third-order valence-corrected chi connectivity index (χ3v) is 7.95. The van der Waals surface area contributed by atoms with Crippen LogP contribution in [0, 0.1) is 0 Å². The van der Waals surface area contributed by atoms with E-state index in [2.05, 4.69) is 110 Å². The molecule has 0 aromatic heterocycles. The standard InChI is InChI=1S/C21H20P/c1-2-18-22(19-12-6-3-7-13-19,20-14-8-4-9-15-20)21-16-10-5-11-17-21/h2-18H,1H3/q+1/b18-2-. The molecule has 0 saturated carbocycles. The monoisotopic (exact) mass is 303 g/mol. The Morgan fingerprint density at radius 1 is 0.545 bits per heavy atom. The Balaban J connectivity index is 2.34. The van der Waals surface area contributed by atoms with E-state index < -0.39 is 7.26 Å². The van der Waals surface area contributed by atoms with Crippen molar-refractivity contribution in [1.29, 1.82) is 0 Å². The molecule has 0 N–H and O–H groups in total. The van der Waals surface area contributed by atoms with Gasteiger partial charge >= 0.3 is 0 Å². The van der Waals surface area contributed by atoms with Crippen molar-refractivity contribution in [3.05, 3.63) is 103 Å². The first-order chi connectivity index (χ1) is 10.9. The minimum absolute atomic E-state index is 1.39. The van der Waals surface area contributed by atoms with Crippen LogP contribution in [0.1, 0.15) is 6.92 Å². The third kappa shape index (κ3) is 2.63. The second kappa shape index (κ2) is 6.73. The van der Waals surface area contributed by atoms with Crippen molar-refractivity contribution in [2.75, 3.05) is 0 Å². The fourth-order valence-electron chi connectivity index (χ4n) is 2.92. The van der Waals surface area contributed by atoms with E-state index in [0.29, 0.717) is 0 Å². The number of allylic oxidation sites excluding steroid dienone is 1. The molecule has 0 aliphatic carbocycles. The molecule has 1 heteroatoms. The van der Waals surface area contributed by atoms with Gasteiger partial charge in [0.2, 0.25) is 0 Å². The second-order valence-corrected chi connectivity index (χ2v) is 8.50. The van der Waals surface area contributed by atoms with Crippen LogP contribution in [0.25, 0.3) is 0 Å². The Labute approximate surface area is 133 Å². The number of benzene rings is 3. The van der Waals surface area contributed by atoms with Gasteiger partial charge in [0, 0.05) is 0 Å². The zero-order valence-electron chi connectivity index (χ0n) is 12.8. The van der Waals surface area contributed by atoms with Gasteiger partial charge in [0.25, 0.3) is 0 Å². The lowest BCUT2D eigenvalue weighted by Crippen LogP contribution is -2.29. The van der Waals surface area contributed by atoms with E-state index in [1.54, 1.807) is 0 Å².